The van der Waals surface area contributed by atoms with Gasteiger partial charge in [-0.15, -0.1) is 6.58 Å². The molecule has 0 aromatic heterocycles. The van der Waals surface area contributed by atoms with E-state index in [-0.39, 0.29) is 5.41 Å². The molecular weight excluding hydrogens is 348 g/mol. The van der Waals surface area contributed by atoms with Crippen molar-refractivity contribution in [1.29, 1.82) is 0 Å². The predicted molar refractivity (Wildman–Crippen MR) is 114 cm³/mol. The van der Waals surface area contributed by atoms with Gasteiger partial charge in [0.15, 0.2) is 11.5 Å². The van der Waals surface area contributed by atoms with E-state index in [4.69, 9.17) is 14.2 Å². The first kappa shape index (κ1) is 19.7. The van der Waals surface area contributed by atoms with Gasteiger partial charge in [0, 0.05) is 5.56 Å². The number of methoxy groups -OCH3 is 3. The molecule has 4 rings (SSSR count). The fourth-order valence-electron chi connectivity index (χ4n) is 7.44. The van der Waals surface area contributed by atoms with Crippen LogP contribution in [0.15, 0.2) is 18.7 Å². The van der Waals surface area contributed by atoms with Gasteiger partial charge in [0.1, 0.15) is 0 Å². The molecule has 1 aromatic rings. The number of rotatable bonds is 4. The first-order chi connectivity index (χ1) is 13.4. The molecule has 5 atom stereocenters. The zero-order valence-electron chi connectivity index (χ0n) is 18.3. The lowest BCUT2D eigenvalue weighted by Crippen LogP contribution is -2.55. The average molecular weight is 385 g/mol. The summed E-state index contributed by atoms with van der Waals surface area (Å²) in [6.45, 7) is 9.26. The minimum absolute atomic E-state index is 0.161. The van der Waals surface area contributed by atoms with Crippen molar-refractivity contribution in [2.75, 3.05) is 21.3 Å². The van der Waals surface area contributed by atoms with Crippen molar-refractivity contribution < 1.29 is 14.2 Å². The van der Waals surface area contributed by atoms with Crippen molar-refractivity contribution >= 4 is 0 Å². The number of fused-ring (bicyclic) bond motifs is 5. The molecule has 0 bridgehead atoms. The Morgan fingerprint density at radius 1 is 1.00 bits per heavy atom. The first-order valence-electron chi connectivity index (χ1n) is 10.9. The maximum Gasteiger partial charge on any atom is 0.203 e. The number of allylic oxidation sites excluding steroid dienone is 1. The standard InChI is InChI=1S/C25H36O3/c1-7-16-9-8-13-24(2)18(16)12-14-25(3)19-15-20(26-4)23(28-6)22(27-5)17(19)10-11-21(24)25/h7,15-16,18,21H,1,8-14H2,2-6H3/t16-,18+,21-,24+,25+/m1/s1. The van der Waals surface area contributed by atoms with Crippen LogP contribution in [-0.4, -0.2) is 21.3 Å². The molecule has 0 radical (unpaired) electrons. The highest BCUT2D eigenvalue weighted by molar-refractivity contribution is 5.62. The Kier molecular flexibility index (Phi) is 4.92. The molecule has 3 heteroatoms. The summed E-state index contributed by atoms with van der Waals surface area (Å²) in [4.78, 5) is 0. The van der Waals surface area contributed by atoms with E-state index in [9.17, 15) is 0 Å². The molecule has 3 aliphatic rings. The lowest BCUT2D eigenvalue weighted by atomic mass is 9.43. The van der Waals surface area contributed by atoms with Crippen molar-refractivity contribution in [3.63, 3.8) is 0 Å². The minimum Gasteiger partial charge on any atom is -0.493 e. The Balaban J connectivity index is 1.85. The topological polar surface area (TPSA) is 27.7 Å². The third-order valence-corrected chi connectivity index (χ3v) is 8.69. The average Bonchev–Trinajstić information content (AvgIpc) is 2.70. The summed E-state index contributed by atoms with van der Waals surface area (Å²) in [6.07, 6.45) is 11.1. The van der Waals surface area contributed by atoms with Gasteiger partial charge in [0.25, 0.3) is 0 Å². The van der Waals surface area contributed by atoms with E-state index in [1.807, 2.05) is 0 Å². The molecule has 0 aliphatic heterocycles. The summed E-state index contributed by atoms with van der Waals surface area (Å²) in [5.41, 5.74) is 3.31. The third kappa shape index (κ3) is 2.54. The number of benzene rings is 1. The van der Waals surface area contributed by atoms with Crippen LogP contribution in [0.25, 0.3) is 0 Å². The molecule has 0 unspecified atom stereocenters. The quantitative estimate of drug-likeness (QED) is 0.602. The first-order valence-corrected chi connectivity index (χ1v) is 10.9. The Hall–Kier alpha value is -1.64. The van der Waals surface area contributed by atoms with Crippen LogP contribution in [0.4, 0.5) is 0 Å². The van der Waals surface area contributed by atoms with E-state index in [2.05, 4.69) is 32.6 Å². The van der Waals surface area contributed by atoms with Crippen LogP contribution in [0.3, 0.4) is 0 Å². The van der Waals surface area contributed by atoms with Crippen LogP contribution >= 0.6 is 0 Å². The Morgan fingerprint density at radius 3 is 2.39 bits per heavy atom. The van der Waals surface area contributed by atoms with Gasteiger partial charge < -0.3 is 14.2 Å². The van der Waals surface area contributed by atoms with Gasteiger partial charge >= 0.3 is 0 Å². The van der Waals surface area contributed by atoms with Crippen LogP contribution < -0.4 is 14.2 Å². The Labute approximate surface area is 170 Å². The molecule has 3 nitrogen and oxygen atoms in total. The smallest absolute Gasteiger partial charge is 0.203 e. The van der Waals surface area contributed by atoms with Crippen LogP contribution in [0.5, 0.6) is 17.2 Å². The second-order valence-electron chi connectivity index (χ2n) is 9.62. The molecule has 3 aliphatic carbocycles. The number of hydrogen-bond donors (Lipinski definition) is 0. The molecule has 2 saturated carbocycles. The van der Waals surface area contributed by atoms with E-state index in [0.29, 0.717) is 17.3 Å². The summed E-state index contributed by atoms with van der Waals surface area (Å²) in [5.74, 6) is 4.55. The van der Waals surface area contributed by atoms with E-state index in [1.54, 1.807) is 21.3 Å². The largest absolute Gasteiger partial charge is 0.493 e. The summed E-state index contributed by atoms with van der Waals surface area (Å²) >= 11 is 0. The van der Waals surface area contributed by atoms with Crippen molar-refractivity contribution in [2.24, 2.45) is 23.2 Å². The van der Waals surface area contributed by atoms with Crippen LogP contribution in [0, 0.1) is 23.2 Å². The van der Waals surface area contributed by atoms with E-state index in [0.717, 1.165) is 29.6 Å². The van der Waals surface area contributed by atoms with Crippen molar-refractivity contribution in [1.82, 2.24) is 0 Å². The van der Waals surface area contributed by atoms with E-state index >= 15 is 0 Å². The van der Waals surface area contributed by atoms with Crippen LogP contribution in [0.2, 0.25) is 0 Å². The molecule has 2 fully saturated rings. The molecule has 28 heavy (non-hydrogen) atoms. The van der Waals surface area contributed by atoms with Gasteiger partial charge in [0.2, 0.25) is 5.75 Å². The summed E-state index contributed by atoms with van der Waals surface area (Å²) in [5, 5.41) is 0. The summed E-state index contributed by atoms with van der Waals surface area (Å²) < 4.78 is 17.2. The minimum atomic E-state index is 0.161. The van der Waals surface area contributed by atoms with Gasteiger partial charge in [0.05, 0.1) is 21.3 Å². The molecule has 0 saturated heterocycles. The molecule has 0 heterocycles. The predicted octanol–water partition coefficient (Wildman–Crippen LogP) is 5.93. The van der Waals surface area contributed by atoms with Crippen LogP contribution in [0.1, 0.15) is 63.5 Å². The molecule has 154 valence electrons. The molecule has 0 amide bonds. The number of ether oxygens (including phenoxy) is 3. The molecule has 0 spiro atoms. The van der Waals surface area contributed by atoms with E-state index in [1.165, 1.54) is 49.7 Å². The lowest BCUT2D eigenvalue weighted by Gasteiger charge is -2.62. The Bertz CT molecular complexity index is 770. The zero-order valence-corrected chi connectivity index (χ0v) is 18.3. The van der Waals surface area contributed by atoms with Gasteiger partial charge in [-0.2, -0.15) is 0 Å². The van der Waals surface area contributed by atoms with Gasteiger partial charge in [-0.1, -0.05) is 26.3 Å². The van der Waals surface area contributed by atoms with Gasteiger partial charge in [-0.3, -0.25) is 0 Å². The highest BCUT2D eigenvalue weighted by Gasteiger charge is 2.58. The monoisotopic (exact) mass is 384 g/mol. The number of hydrogen-bond acceptors (Lipinski definition) is 3. The fourth-order valence-corrected chi connectivity index (χ4v) is 7.44. The van der Waals surface area contributed by atoms with Crippen molar-refractivity contribution in [3.05, 3.63) is 29.8 Å². The van der Waals surface area contributed by atoms with Gasteiger partial charge in [-0.05, 0) is 78.7 Å². The lowest BCUT2D eigenvalue weighted by molar-refractivity contribution is -0.0719. The third-order valence-electron chi connectivity index (χ3n) is 8.69. The maximum absolute atomic E-state index is 5.85. The molecule has 1 aromatic carbocycles. The second kappa shape index (κ2) is 7.00. The zero-order chi connectivity index (χ0) is 20.1. The van der Waals surface area contributed by atoms with Crippen molar-refractivity contribution in [2.45, 2.75) is 64.2 Å². The highest BCUT2D eigenvalue weighted by atomic mass is 16.5. The SMILES string of the molecule is C=C[C@@H]1CCC[C@]2(C)[C@H]3CCc4c(cc(OC)c(OC)c4OC)[C@]3(C)CC[C@@H]12. The van der Waals surface area contributed by atoms with Gasteiger partial charge in [-0.25, -0.2) is 0 Å². The highest BCUT2D eigenvalue weighted by Crippen LogP contribution is 2.65. The normalized spacial score (nSPS) is 36.5. The maximum atomic E-state index is 5.85. The molecular formula is C25H36O3. The van der Waals surface area contributed by atoms with Crippen LogP contribution in [-0.2, 0) is 11.8 Å². The Morgan fingerprint density at radius 2 is 1.75 bits per heavy atom. The molecule has 0 N–H and O–H groups in total. The summed E-state index contributed by atoms with van der Waals surface area (Å²) in [6, 6.07) is 2.25. The van der Waals surface area contributed by atoms with E-state index < -0.39 is 0 Å². The summed E-state index contributed by atoms with van der Waals surface area (Å²) in [7, 11) is 5.17. The second-order valence-corrected chi connectivity index (χ2v) is 9.62. The fraction of sp³-hybridized carbons (Fsp3) is 0.680. The van der Waals surface area contributed by atoms with Crippen molar-refractivity contribution in [3.8, 4) is 17.2 Å².